The lowest BCUT2D eigenvalue weighted by molar-refractivity contribution is -0.127. The molecule has 0 aromatic rings. The van der Waals surface area contributed by atoms with E-state index >= 15 is 0 Å². The van der Waals surface area contributed by atoms with Crippen LogP contribution in [0, 0.1) is 0 Å². The molecular formula is C9H18N2O. The first kappa shape index (κ1) is 11.2. The number of carbonyl (C=O) groups excluding carboxylic acids is 1. The molecule has 1 amide bonds. The summed E-state index contributed by atoms with van der Waals surface area (Å²) in [6.07, 6.45) is 1.71. The summed E-state index contributed by atoms with van der Waals surface area (Å²) in [5.74, 6) is -0.0122. The number of nitrogens with zero attached hydrogens (tertiary/aromatic N) is 1. The molecule has 12 heavy (non-hydrogen) atoms. The summed E-state index contributed by atoms with van der Waals surface area (Å²) in [5.41, 5.74) is 6.04. The maximum Gasteiger partial charge on any atom is 0.250 e. The third-order valence-electron chi connectivity index (χ3n) is 1.74. The molecule has 0 heterocycles. The van der Waals surface area contributed by atoms with Crippen molar-refractivity contribution >= 4 is 5.91 Å². The van der Waals surface area contributed by atoms with E-state index in [1.54, 1.807) is 4.90 Å². The van der Waals surface area contributed by atoms with Crippen LogP contribution in [0.1, 0.15) is 26.7 Å². The Labute approximate surface area is 74.2 Å². The van der Waals surface area contributed by atoms with Gasteiger partial charge in [0, 0.05) is 12.1 Å². The van der Waals surface area contributed by atoms with Crippen molar-refractivity contribution in [1.29, 1.82) is 0 Å². The van der Waals surface area contributed by atoms with Crippen molar-refractivity contribution in [2.24, 2.45) is 5.73 Å². The third kappa shape index (κ3) is 3.05. The smallest absolute Gasteiger partial charge is 0.250 e. The molecular weight excluding hydrogens is 152 g/mol. The Bertz CT molecular complexity index is 162. The van der Waals surface area contributed by atoms with Crippen molar-refractivity contribution in [3.05, 3.63) is 12.2 Å². The van der Waals surface area contributed by atoms with Gasteiger partial charge in [0.25, 0.3) is 0 Å². The highest BCUT2D eigenvalue weighted by atomic mass is 16.2. The Kier molecular flexibility index (Phi) is 5.37. The van der Waals surface area contributed by atoms with Crippen LogP contribution in [0.3, 0.4) is 0 Å². The van der Waals surface area contributed by atoms with Crippen LogP contribution >= 0.6 is 0 Å². The summed E-state index contributed by atoms with van der Waals surface area (Å²) in [6, 6.07) is 0. The summed E-state index contributed by atoms with van der Waals surface area (Å²) in [7, 11) is 0. The molecule has 3 heteroatoms. The first-order valence-electron chi connectivity index (χ1n) is 4.34. The quantitative estimate of drug-likeness (QED) is 0.496. The van der Waals surface area contributed by atoms with Gasteiger partial charge in [0.15, 0.2) is 0 Å². The van der Waals surface area contributed by atoms with Gasteiger partial charge < -0.3 is 10.6 Å². The lowest BCUT2D eigenvalue weighted by Gasteiger charge is -2.19. The van der Waals surface area contributed by atoms with E-state index in [1.807, 2.05) is 13.8 Å². The number of carbonyl (C=O) groups is 1. The predicted molar refractivity (Wildman–Crippen MR) is 50.5 cm³/mol. The van der Waals surface area contributed by atoms with E-state index < -0.39 is 0 Å². The van der Waals surface area contributed by atoms with Crippen molar-refractivity contribution < 1.29 is 4.79 Å². The Morgan fingerprint density at radius 2 is 2.08 bits per heavy atom. The van der Waals surface area contributed by atoms with Crippen LogP contribution in [-0.2, 0) is 4.79 Å². The molecule has 0 fully saturated rings. The van der Waals surface area contributed by atoms with Crippen molar-refractivity contribution in [2.45, 2.75) is 26.7 Å². The van der Waals surface area contributed by atoms with Crippen LogP contribution in [0.5, 0.6) is 0 Å². The molecule has 0 radical (unpaired) electrons. The Hall–Kier alpha value is -0.830. The van der Waals surface area contributed by atoms with E-state index in [-0.39, 0.29) is 12.6 Å². The van der Waals surface area contributed by atoms with Gasteiger partial charge in [-0.2, -0.15) is 0 Å². The fourth-order valence-corrected chi connectivity index (χ4v) is 0.988. The molecule has 70 valence electrons. The lowest BCUT2D eigenvalue weighted by atomic mass is 10.1. The summed E-state index contributed by atoms with van der Waals surface area (Å²) in [4.78, 5) is 13.0. The van der Waals surface area contributed by atoms with Crippen LogP contribution < -0.4 is 5.73 Å². The van der Waals surface area contributed by atoms with Crippen molar-refractivity contribution in [3.63, 3.8) is 0 Å². The van der Waals surface area contributed by atoms with Gasteiger partial charge in [-0.15, -0.1) is 0 Å². The molecule has 0 aliphatic rings. The topological polar surface area (TPSA) is 46.3 Å². The van der Waals surface area contributed by atoms with Gasteiger partial charge in [0.05, 0.1) is 6.67 Å². The van der Waals surface area contributed by atoms with E-state index in [4.69, 9.17) is 5.73 Å². The maximum absolute atomic E-state index is 11.4. The zero-order chi connectivity index (χ0) is 9.56. The molecule has 0 aromatic carbocycles. The molecule has 0 atom stereocenters. The molecule has 2 N–H and O–H groups in total. The van der Waals surface area contributed by atoms with Crippen molar-refractivity contribution in [3.8, 4) is 0 Å². The summed E-state index contributed by atoms with van der Waals surface area (Å²) in [6.45, 7) is 8.57. The van der Waals surface area contributed by atoms with E-state index in [2.05, 4.69) is 6.58 Å². The molecule has 0 bridgehead atoms. The second-order valence-corrected chi connectivity index (χ2v) is 2.70. The first-order chi connectivity index (χ1) is 5.67. The molecule has 0 aromatic heterocycles. The standard InChI is InChI=1S/C9H18N2O/c1-4-6-8(3)9(12)11(5-2)7-10/h3-7,10H2,1-2H3. The second-order valence-electron chi connectivity index (χ2n) is 2.70. The van der Waals surface area contributed by atoms with Crippen molar-refractivity contribution in [2.75, 3.05) is 13.2 Å². The largest absolute Gasteiger partial charge is 0.327 e. The van der Waals surface area contributed by atoms with Gasteiger partial charge in [0.2, 0.25) is 5.91 Å². The van der Waals surface area contributed by atoms with E-state index in [9.17, 15) is 4.79 Å². The average Bonchev–Trinajstić information content (AvgIpc) is 2.07. The lowest BCUT2D eigenvalue weighted by Crippen LogP contribution is -2.36. The monoisotopic (exact) mass is 170 g/mol. The highest BCUT2D eigenvalue weighted by Gasteiger charge is 2.11. The average molecular weight is 170 g/mol. The van der Waals surface area contributed by atoms with E-state index in [0.29, 0.717) is 12.1 Å². The van der Waals surface area contributed by atoms with E-state index in [0.717, 1.165) is 12.8 Å². The number of rotatable bonds is 5. The molecule has 0 aliphatic heterocycles. The van der Waals surface area contributed by atoms with Crippen LogP contribution in [0.4, 0.5) is 0 Å². The minimum Gasteiger partial charge on any atom is -0.327 e. The number of nitrogens with two attached hydrogens (primary N) is 1. The molecule has 0 unspecified atom stereocenters. The van der Waals surface area contributed by atoms with Gasteiger partial charge in [0.1, 0.15) is 0 Å². The molecule has 0 spiro atoms. The first-order valence-corrected chi connectivity index (χ1v) is 4.34. The zero-order valence-corrected chi connectivity index (χ0v) is 7.97. The van der Waals surface area contributed by atoms with Crippen LogP contribution in [0.2, 0.25) is 0 Å². The predicted octanol–water partition coefficient (Wildman–Crippen LogP) is 1.11. The van der Waals surface area contributed by atoms with Gasteiger partial charge in [-0.25, -0.2) is 0 Å². The van der Waals surface area contributed by atoms with E-state index in [1.165, 1.54) is 0 Å². The fourth-order valence-electron chi connectivity index (χ4n) is 0.988. The number of hydrogen-bond acceptors (Lipinski definition) is 2. The van der Waals surface area contributed by atoms with Gasteiger partial charge in [-0.05, 0) is 13.3 Å². The minimum atomic E-state index is -0.0122. The van der Waals surface area contributed by atoms with Gasteiger partial charge >= 0.3 is 0 Å². The number of hydrogen-bond donors (Lipinski definition) is 1. The molecule has 0 saturated carbocycles. The summed E-state index contributed by atoms with van der Waals surface area (Å²) >= 11 is 0. The summed E-state index contributed by atoms with van der Waals surface area (Å²) < 4.78 is 0. The Balaban J connectivity index is 4.07. The van der Waals surface area contributed by atoms with Crippen molar-refractivity contribution in [1.82, 2.24) is 4.90 Å². The maximum atomic E-state index is 11.4. The molecule has 0 saturated heterocycles. The van der Waals surface area contributed by atoms with Crippen LogP contribution in [0.25, 0.3) is 0 Å². The number of likely N-dealkylation sites (N-methyl/N-ethyl adjacent to an activating group) is 1. The third-order valence-corrected chi connectivity index (χ3v) is 1.74. The zero-order valence-electron chi connectivity index (χ0n) is 7.97. The molecule has 0 aliphatic carbocycles. The van der Waals surface area contributed by atoms with Crippen LogP contribution in [-0.4, -0.2) is 24.0 Å². The second kappa shape index (κ2) is 5.77. The highest BCUT2D eigenvalue weighted by Crippen LogP contribution is 2.05. The normalized spacial score (nSPS) is 9.58. The highest BCUT2D eigenvalue weighted by molar-refractivity contribution is 5.92. The van der Waals surface area contributed by atoms with Crippen LogP contribution in [0.15, 0.2) is 12.2 Å². The fraction of sp³-hybridized carbons (Fsp3) is 0.667. The minimum absolute atomic E-state index is 0.0122. The molecule has 0 rings (SSSR count). The molecule has 3 nitrogen and oxygen atoms in total. The SMILES string of the molecule is C=C(CCC)C(=O)N(CC)CN. The van der Waals surface area contributed by atoms with Gasteiger partial charge in [-0.3, -0.25) is 4.79 Å². The van der Waals surface area contributed by atoms with Gasteiger partial charge in [-0.1, -0.05) is 19.9 Å². The number of amides is 1. The Morgan fingerprint density at radius 1 is 1.50 bits per heavy atom. The Morgan fingerprint density at radius 3 is 2.42 bits per heavy atom. The summed E-state index contributed by atoms with van der Waals surface area (Å²) in [5, 5.41) is 0.